The molecule has 0 saturated carbocycles. The summed E-state index contributed by atoms with van der Waals surface area (Å²) in [5.41, 5.74) is 0. The summed E-state index contributed by atoms with van der Waals surface area (Å²) in [7, 11) is 0. The number of rotatable bonds is 3. The van der Waals surface area contributed by atoms with E-state index in [2.05, 4.69) is 20.8 Å². The molecule has 0 fully saturated rings. The molecule has 0 rings (SSSR count). The van der Waals surface area contributed by atoms with E-state index in [9.17, 15) is 0 Å². The van der Waals surface area contributed by atoms with Crippen LogP contribution in [0.2, 0.25) is 14.9 Å². The molecule has 0 amide bonds. The zero-order valence-corrected chi connectivity index (χ0v) is 8.12. The van der Waals surface area contributed by atoms with Crippen LogP contribution in [0.25, 0.3) is 0 Å². The van der Waals surface area contributed by atoms with Crippen molar-refractivity contribution in [1.82, 2.24) is 0 Å². The van der Waals surface area contributed by atoms with Gasteiger partial charge in [0.15, 0.2) is 0 Å². The van der Waals surface area contributed by atoms with Crippen LogP contribution >= 0.6 is 0 Å². The molecule has 0 nitrogen and oxygen atoms in total. The molecule has 0 aromatic heterocycles. The van der Waals surface area contributed by atoms with E-state index >= 15 is 0 Å². The second-order valence-corrected chi connectivity index (χ2v) is 10.9. The Bertz CT molecular complexity index is 25.7. The molecule has 0 radical (unpaired) electrons. The van der Waals surface area contributed by atoms with E-state index in [1.54, 1.807) is 14.9 Å². The van der Waals surface area contributed by atoms with Crippen molar-refractivity contribution in [2.75, 3.05) is 0 Å². The average Bonchev–Trinajstić information content (AvgIpc) is 1.72. The first-order valence-corrected chi connectivity index (χ1v) is 8.49. The average molecular weight is 290 g/mol. The molecule has 42 valence electrons. The standard InChI is InChI=1S/3C2H5.Ga/c3*1-2;/h3*1H2,2H3;/i;;;1+79. The van der Waals surface area contributed by atoms with Gasteiger partial charge in [-0.2, -0.15) is 0 Å². The Morgan fingerprint density at radius 3 is 1.14 bits per heavy atom. The van der Waals surface area contributed by atoms with Crippen molar-refractivity contribution < 1.29 is 0 Å². The molecule has 0 aromatic carbocycles. The predicted molar refractivity (Wildman–Crippen MR) is 37.2 cm³/mol. The Morgan fingerprint density at radius 2 is 1.14 bits per heavy atom. The van der Waals surface area contributed by atoms with Gasteiger partial charge in [-0.05, 0) is 0 Å². The van der Waals surface area contributed by atoms with Crippen LogP contribution in [-0.2, 0) is 0 Å². The first-order valence-electron chi connectivity index (χ1n) is 3.35. The van der Waals surface area contributed by atoms with Crippen LogP contribution < -0.4 is 0 Å². The van der Waals surface area contributed by atoms with E-state index in [4.69, 9.17) is 0 Å². The normalized spacial score (nSPS) is 9.00. The van der Waals surface area contributed by atoms with Crippen LogP contribution in [0.5, 0.6) is 0 Å². The first-order chi connectivity index (χ1) is 3.35. The van der Waals surface area contributed by atoms with E-state index in [-0.39, 0.29) is 0 Å². The van der Waals surface area contributed by atoms with Crippen LogP contribution in [0.4, 0.5) is 0 Å². The zero-order valence-electron chi connectivity index (χ0n) is 5.70. The molecule has 1 heteroatoms. The fourth-order valence-electron chi connectivity index (χ4n) is 0.866. The van der Waals surface area contributed by atoms with Gasteiger partial charge in [0, 0.05) is 0 Å². The van der Waals surface area contributed by atoms with Gasteiger partial charge in [-0.25, -0.2) is 0 Å². The summed E-state index contributed by atoms with van der Waals surface area (Å²) in [4.78, 5) is 4.62. The summed E-state index contributed by atoms with van der Waals surface area (Å²) in [6, 6.07) is 0. The first kappa shape index (κ1) is 7.64. The van der Waals surface area contributed by atoms with Crippen molar-refractivity contribution in [1.29, 1.82) is 0 Å². The molecular weight excluding hydrogens is 275 g/mol. The van der Waals surface area contributed by atoms with Crippen LogP contribution in [-0.4, -0.2) is 16.2 Å². The Hall–Kier alpha value is 0.636. The maximum atomic E-state index is 2.34. The third-order valence-electron chi connectivity index (χ3n) is 1.73. The minimum atomic E-state index is -0.576. The quantitative estimate of drug-likeness (QED) is 0.701. The van der Waals surface area contributed by atoms with Gasteiger partial charge in [0.1, 0.15) is 0 Å². The molecule has 0 saturated heterocycles. The van der Waals surface area contributed by atoms with Crippen molar-refractivity contribution in [3.05, 3.63) is 0 Å². The Kier molecular flexibility index (Phi) is 5.22. The minimum absolute atomic E-state index is 0.576. The Morgan fingerprint density at radius 1 is 0.857 bits per heavy atom. The van der Waals surface area contributed by atoms with Gasteiger partial charge in [0.05, 0.1) is 0 Å². The van der Waals surface area contributed by atoms with Crippen molar-refractivity contribution in [3.63, 3.8) is 0 Å². The van der Waals surface area contributed by atoms with Gasteiger partial charge in [-0.3, -0.25) is 0 Å². The maximum absolute atomic E-state index is 2.34. The van der Waals surface area contributed by atoms with Crippen molar-refractivity contribution in [2.24, 2.45) is 0 Å². The molecule has 0 unspecified atom stereocenters. The molecule has 0 N–H and O–H groups in total. The van der Waals surface area contributed by atoms with Crippen molar-refractivity contribution in [2.45, 2.75) is 35.7 Å². The van der Waals surface area contributed by atoms with Gasteiger partial charge in [0.25, 0.3) is 0 Å². The van der Waals surface area contributed by atoms with Crippen LogP contribution in [0.1, 0.15) is 20.8 Å². The fourth-order valence-corrected chi connectivity index (χ4v) is 4.50. The van der Waals surface area contributed by atoms with Gasteiger partial charge < -0.3 is 0 Å². The molecule has 0 spiro atoms. The van der Waals surface area contributed by atoms with E-state index in [1.165, 1.54) is 0 Å². The van der Waals surface area contributed by atoms with Crippen molar-refractivity contribution in [3.8, 4) is 0 Å². The van der Waals surface area contributed by atoms with Crippen molar-refractivity contribution >= 4 is 16.2 Å². The number of hydrogen-bond donors (Lipinski definition) is 0. The molecule has 0 atom stereocenters. The third-order valence-corrected chi connectivity index (χ3v) is 9.00. The number of hydrogen-bond acceptors (Lipinski definition) is 0. The van der Waals surface area contributed by atoms with Crippen LogP contribution in [0.15, 0.2) is 0 Å². The predicted octanol–water partition coefficient (Wildman–Crippen LogP) is 2.54. The monoisotopic (exact) mass is 290 g/mol. The van der Waals surface area contributed by atoms with E-state index in [1.807, 2.05) is 0 Å². The summed E-state index contributed by atoms with van der Waals surface area (Å²) < 4.78 is 0. The SMILES string of the molecule is C[CH2][203Ga]([CH2]C)[CH2]C. The molecule has 0 aliphatic carbocycles. The Labute approximate surface area is 52.3 Å². The van der Waals surface area contributed by atoms with Gasteiger partial charge >= 0.3 is 51.9 Å². The molecule has 0 aromatic rings. The topological polar surface area (TPSA) is 0 Å². The van der Waals surface area contributed by atoms with Gasteiger partial charge in [0.2, 0.25) is 0 Å². The second kappa shape index (κ2) is 4.79. The summed E-state index contributed by atoms with van der Waals surface area (Å²) in [5, 5.41) is 0. The zero-order chi connectivity index (χ0) is 5.70. The Balaban J connectivity index is 2.99. The van der Waals surface area contributed by atoms with E-state index in [0.717, 1.165) is 0 Å². The molecule has 0 aliphatic rings. The summed E-state index contributed by atoms with van der Waals surface area (Å²) in [6.45, 7) is 7.03. The molecule has 7 heavy (non-hydrogen) atoms. The summed E-state index contributed by atoms with van der Waals surface area (Å²) in [6.07, 6.45) is 0. The fraction of sp³-hybridized carbons (Fsp3) is 1.00. The van der Waals surface area contributed by atoms with E-state index in [0.29, 0.717) is 0 Å². The molecule has 0 bridgehead atoms. The third kappa shape index (κ3) is 3.24. The summed E-state index contributed by atoms with van der Waals surface area (Å²) >= 11 is -0.576. The molecule has 0 heterocycles. The second-order valence-electron chi connectivity index (χ2n) is 2.09. The molecular formula is C6H15Ga. The van der Waals surface area contributed by atoms with Gasteiger partial charge in [-0.15, -0.1) is 0 Å². The summed E-state index contributed by atoms with van der Waals surface area (Å²) in [5.74, 6) is 0. The van der Waals surface area contributed by atoms with Crippen LogP contribution in [0.3, 0.4) is 0 Å². The van der Waals surface area contributed by atoms with Crippen LogP contribution in [0, 0.1) is 0 Å². The molecule has 0 aliphatic heterocycles. The van der Waals surface area contributed by atoms with E-state index < -0.39 is 16.2 Å². The van der Waals surface area contributed by atoms with Gasteiger partial charge in [-0.1, -0.05) is 0 Å².